The van der Waals surface area contributed by atoms with E-state index in [1.165, 1.54) is 36.4 Å². The van der Waals surface area contributed by atoms with E-state index in [2.05, 4.69) is 554 Å². The van der Waals surface area contributed by atoms with Gasteiger partial charge in [-0.05, 0) is 414 Å². The summed E-state index contributed by atoms with van der Waals surface area (Å²) in [6, 6.07) is 10.1. The van der Waals surface area contributed by atoms with Gasteiger partial charge in [0.25, 0.3) is 0 Å². The van der Waals surface area contributed by atoms with Gasteiger partial charge in [-0.3, -0.25) is 0 Å². The zero-order valence-electron chi connectivity index (χ0n) is 78.0. The smallest absolute Gasteiger partial charge is 0.339 e. The van der Waals surface area contributed by atoms with E-state index in [0.717, 1.165) is 5.75 Å². The first-order chi connectivity index (χ1) is 68.2. The summed E-state index contributed by atoms with van der Waals surface area (Å²) in [6.45, 7) is -34.4. The molecule has 0 bridgehead atoms. The minimum atomic E-state index is -1.44. The third kappa shape index (κ3) is 68.6. The van der Waals surface area contributed by atoms with Crippen molar-refractivity contribution in [2.24, 2.45) is 0 Å². The van der Waals surface area contributed by atoms with Crippen molar-refractivity contribution in [3.8, 4) is 17.3 Å². The molecule has 0 aliphatic carbocycles. The van der Waals surface area contributed by atoms with Gasteiger partial charge in [0.2, 0.25) is 0 Å². The van der Waals surface area contributed by atoms with Crippen LogP contribution < -0.4 is 9.47 Å². The molecule has 130 heteroatoms. The highest BCUT2D eigenvalue weighted by Crippen LogP contribution is 3.55. The third-order valence-corrected chi connectivity index (χ3v) is 890. The molecular formula is C19H144NO6P123. The zero-order valence-corrected chi connectivity index (χ0v) is 204. The van der Waals surface area contributed by atoms with Crippen molar-refractivity contribution >= 4 is 992 Å². The molecule has 66 atom stereocenters. The summed E-state index contributed by atoms with van der Waals surface area (Å²) in [7, 11) is 239. The quantitative estimate of drug-likeness (QED) is 0.0634. The summed E-state index contributed by atoms with van der Waals surface area (Å²) in [5, 5.41) is 34.1. The van der Waals surface area contributed by atoms with Crippen LogP contribution in [0.5, 0.6) is 11.5 Å². The molecule has 7 nitrogen and oxygen atoms in total. The largest absolute Gasteiger partial charge is 0.496 e. The van der Waals surface area contributed by atoms with E-state index in [1.54, 1.807) is 7.11 Å². The van der Waals surface area contributed by atoms with E-state index in [-0.39, 0.29) is 16.9 Å². The van der Waals surface area contributed by atoms with Crippen molar-refractivity contribution in [2.75, 3.05) is 14.2 Å². The number of aromatic carboxylic acids is 2. The van der Waals surface area contributed by atoms with E-state index in [9.17, 15) is 9.59 Å². The van der Waals surface area contributed by atoms with Gasteiger partial charge in [0.15, 0.2) is 0 Å². The number of aryl methyl sites for hydroxylation is 2. The molecule has 0 aliphatic rings. The lowest BCUT2D eigenvalue weighted by molar-refractivity contribution is 0.0690. The molecule has 2 aromatic rings. The van der Waals surface area contributed by atoms with Gasteiger partial charge in [-0.15, -0.1) is 554 Å². The Bertz CT molecular complexity index is 3500. The Morgan fingerprint density at radius 3 is 0.396 bits per heavy atom. The number of nitriles is 1. The number of methoxy groups -OCH3 is 2. The number of ether oxygens (including phenoxy) is 2. The summed E-state index contributed by atoms with van der Waals surface area (Å²) in [4.78, 5) is 21.4. The fourth-order valence-electron chi connectivity index (χ4n) is 9.99. The van der Waals surface area contributed by atoms with Crippen LogP contribution in [0.4, 0.5) is 0 Å². The molecule has 2 rings (SSSR count). The van der Waals surface area contributed by atoms with E-state index < -0.39 is 438 Å². The Kier molecular flexibility index (Phi) is 144. The number of carbonyl (C=O) groups is 2. The lowest BCUT2D eigenvalue weighted by atomic mass is 10.1. The van der Waals surface area contributed by atoms with Gasteiger partial charge < -0.3 is 19.7 Å². The number of nitrogens with zero attached hydrogens (tertiary/aromatic N) is 1. The van der Waals surface area contributed by atoms with Crippen molar-refractivity contribution < 1.29 is 29.3 Å². The lowest BCUT2D eigenvalue weighted by Gasteiger charge is -2.63. The number of carboxylic acids is 2. The van der Waals surface area contributed by atoms with Crippen LogP contribution in [0.1, 0.15) is 31.8 Å². The summed E-state index contributed by atoms with van der Waals surface area (Å²) in [5.74, 6) is 3.22. The average Bonchev–Trinajstić information content (AvgIpc) is 0.704. The van der Waals surface area contributed by atoms with Crippen LogP contribution in [0.15, 0.2) is 36.4 Å². The summed E-state index contributed by atoms with van der Waals surface area (Å²) < 4.78 is 9.91. The highest BCUT2D eigenvalue weighted by atomic mass is 33.7. The van der Waals surface area contributed by atoms with Crippen LogP contribution in [0.25, 0.3) is 0 Å². The molecular weight excluding hydrogens is 4150 g/mol. The normalized spacial score (nSPS) is 14.6. The SMILES string of the molecule is COc1c(C(=O)O)cccc1C(=O)O.COc1c(C)cccc1C.N#CP(P(P(P(P(P)P)P(P(P)P)P(P)P)P(P(P(P)P)P(P)P)P(P(P)P)P(P)P)P(P(P(P(P)P)P(P)P)P(P(P)P)P(P)P)P(P(P(P)P)P(P)P)P(P(P)P)P(P)P)P(P(P(P(P(P)P)P(P)P)P(P(P)P)P(P)P)P(P(P(P)P)P(P)P)P(P(P)P)P(P)P)P(P(P(P(P)P)P(P)P)P(P(P)P)P(P)P)P(P(P(P)P)P(P)P)P(P(P)P)P(P)P. The van der Waals surface area contributed by atoms with Crippen molar-refractivity contribution in [3.05, 3.63) is 58.7 Å². The van der Waals surface area contributed by atoms with Gasteiger partial charge in [0.1, 0.15) is 22.6 Å². The van der Waals surface area contributed by atoms with E-state index in [4.69, 9.17) is 25.5 Å². The molecule has 0 spiro atoms. The molecule has 2 aromatic carbocycles. The third-order valence-electron chi connectivity index (χ3n) is 14.4. The zero-order chi connectivity index (χ0) is 117. The second-order valence-electron chi connectivity index (χ2n) is 24.9. The predicted octanol–water partition coefficient (Wildman–Crippen LogP) is 76.2. The van der Waals surface area contributed by atoms with Gasteiger partial charge in [0, 0.05) is 41.9 Å². The Hall–Kier alpha value is 49.4. The van der Waals surface area contributed by atoms with Crippen LogP contribution in [-0.4, -0.2) is 36.4 Å². The number of hydrogen-bond donors (Lipinski definition) is 2. The average molecular weight is 4290 g/mol. The fraction of sp³-hybridized carbons (Fsp3) is 0.211. The monoisotopic (exact) mass is 4290 g/mol. The van der Waals surface area contributed by atoms with Crippen molar-refractivity contribution in [1.29, 1.82) is 5.26 Å². The molecule has 0 saturated heterocycles. The molecule has 66 unspecified atom stereocenters. The van der Waals surface area contributed by atoms with Gasteiger partial charge >= 0.3 is 11.9 Å². The number of hydrogen-bond acceptors (Lipinski definition) is 5. The summed E-state index contributed by atoms with van der Waals surface area (Å²) in [6.07, 6.45) is 0. The minimum Gasteiger partial charge on any atom is -0.496 e. The number of benzene rings is 2. The number of carboxylic acid groups (broad SMARTS) is 2. The number of para-hydroxylation sites is 2. The van der Waals surface area contributed by atoms with Gasteiger partial charge in [-0.1, -0.05) is 24.3 Å². The maximum atomic E-state index is 16.7. The first-order valence-electron chi connectivity index (χ1n) is 35.5. The minimum absolute atomic E-state index is 0.132. The second-order valence-corrected chi connectivity index (χ2v) is 538. The van der Waals surface area contributed by atoms with E-state index in [1.807, 2.05) is 32.0 Å². The summed E-state index contributed by atoms with van der Waals surface area (Å²) in [5.41, 5.74) is 2.07. The fourth-order valence-corrected chi connectivity index (χ4v) is 1850. The van der Waals surface area contributed by atoms with Gasteiger partial charge in [-0.2, -0.15) is 5.26 Å². The van der Waals surface area contributed by atoms with Gasteiger partial charge in [-0.25, -0.2) is 9.59 Å². The molecule has 0 amide bonds. The topological polar surface area (TPSA) is 117 Å². The molecule has 149 heavy (non-hydrogen) atoms. The van der Waals surface area contributed by atoms with E-state index >= 15 is 5.26 Å². The van der Waals surface area contributed by atoms with Crippen LogP contribution in [0, 0.1) is 24.9 Å². The maximum Gasteiger partial charge on any atom is 0.339 e. The van der Waals surface area contributed by atoms with Crippen LogP contribution >= 0.6 is 980 Å². The van der Waals surface area contributed by atoms with Crippen LogP contribution in [0.2, 0.25) is 0 Å². The molecule has 0 radical (unpaired) electrons. The second kappa shape index (κ2) is 108. The van der Waals surface area contributed by atoms with E-state index in [0.29, 0.717) is 0 Å². The molecule has 0 saturated carbocycles. The first-order valence-corrected chi connectivity index (χ1v) is 260. The molecule has 0 aromatic heterocycles. The molecule has 2 N–H and O–H groups in total. The highest BCUT2D eigenvalue weighted by Gasteiger charge is 2.69. The lowest BCUT2D eigenvalue weighted by Crippen LogP contribution is -2.06. The predicted molar refractivity (Wildman–Crippen MR) is 1120 cm³/mol. The molecule has 0 heterocycles. The van der Waals surface area contributed by atoms with Crippen molar-refractivity contribution in [1.82, 2.24) is 0 Å². The van der Waals surface area contributed by atoms with Gasteiger partial charge in [0.05, 0.1) is 27.3 Å². The number of rotatable bonds is 64. The van der Waals surface area contributed by atoms with Crippen LogP contribution in [0.3, 0.4) is 0 Å². The summed E-state index contributed by atoms with van der Waals surface area (Å²) >= 11 is 0. The van der Waals surface area contributed by atoms with Crippen molar-refractivity contribution in [2.45, 2.75) is 13.8 Å². The Morgan fingerprint density at radius 1 is 0.188 bits per heavy atom. The van der Waals surface area contributed by atoms with Crippen LogP contribution in [-0.2, 0) is 0 Å². The Morgan fingerprint density at radius 2 is 0.295 bits per heavy atom. The Balaban J connectivity index is 0.00000791. The maximum absolute atomic E-state index is 16.7. The molecule has 0 aliphatic heterocycles. The van der Waals surface area contributed by atoms with Crippen molar-refractivity contribution in [3.63, 3.8) is 0 Å². The molecule has 0 fully saturated rings. The Labute approximate surface area is 1110 Å². The standard InChI is InChI=1S/C9H8O5.C9H12O.CH124NP123/c1-14-7-5(8(10)11)3-2-4-6(7)9(12)13;1-7-5-4-6-8(2)9(7)10-3;2-1-65(97(115(114(96(63)64)99(66(3)4)67(5)6)119(100(68(7)8)69(9)10)101(70(11)12)71(13)14)116(120(102(72(15)16)73(17)18)103(74(19)20)75(21)22)121(104(76(23)24)77(25)26)105(78(27)28)79(29)30)98(117(122(106(80(31)32)81(33)34)107(82(35)36)83(37)38)123(108(84(39)40)85(41)42)109(86(43)44)87(45)46)118(124(110(88(47)48)89(49)50)111(90(51)52)91(53)54)125(112(92(55)56)93(57)58)113(94(59)60)95(61)62/h2-4H,1H3,(H,10,11)(H,12,13);4-6H,1-3H3;3-64H2. The first kappa shape index (κ1) is 198. The highest BCUT2D eigenvalue weighted by molar-refractivity contribution is 9.61. The molecule has 876 valence electrons.